The van der Waals surface area contributed by atoms with Crippen LogP contribution in [0, 0.1) is 6.92 Å². The van der Waals surface area contributed by atoms with Gasteiger partial charge in [0, 0.05) is 0 Å². The summed E-state index contributed by atoms with van der Waals surface area (Å²) in [7, 11) is -3.74. The molecule has 1 atom stereocenters. The van der Waals surface area contributed by atoms with Crippen molar-refractivity contribution in [2.45, 2.75) is 55.9 Å². The highest BCUT2D eigenvalue weighted by Crippen LogP contribution is 2.33. The van der Waals surface area contributed by atoms with Crippen LogP contribution in [0.3, 0.4) is 0 Å². The summed E-state index contributed by atoms with van der Waals surface area (Å²) in [6, 6.07) is 16.0. The first-order valence-corrected chi connectivity index (χ1v) is 11.6. The zero-order valence-electron chi connectivity index (χ0n) is 16.5. The van der Waals surface area contributed by atoms with E-state index < -0.39 is 16.1 Å². The number of sulfonamides is 1. The molecular formula is C22H26N4O2S. The number of aryl methyl sites for hydroxylation is 1. The van der Waals surface area contributed by atoms with E-state index in [4.69, 9.17) is 0 Å². The summed E-state index contributed by atoms with van der Waals surface area (Å²) in [6.45, 7) is 1.79. The van der Waals surface area contributed by atoms with Crippen LogP contribution in [0.4, 0.5) is 0 Å². The number of rotatable bonds is 6. The number of hydrogen-bond donors (Lipinski definition) is 2. The fourth-order valence-corrected chi connectivity index (χ4v) is 5.16. The first kappa shape index (κ1) is 19.8. The highest BCUT2D eigenvalue weighted by atomic mass is 32.2. The maximum absolute atomic E-state index is 13.1. The van der Waals surface area contributed by atoms with Crippen molar-refractivity contribution in [2.24, 2.45) is 0 Å². The van der Waals surface area contributed by atoms with E-state index >= 15 is 0 Å². The highest BCUT2D eigenvalue weighted by Gasteiger charge is 2.26. The summed E-state index contributed by atoms with van der Waals surface area (Å²) in [5.74, 6) is 1.58. The van der Waals surface area contributed by atoms with Gasteiger partial charge in [-0.3, -0.25) is 5.10 Å². The topological polar surface area (TPSA) is 87.7 Å². The van der Waals surface area contributed by atoms with Crippen LogP contribution < -0.4 is 4.72 Å². The minimum atomic E-state index is -3.74. The van der Waals surface area contributed by atoms with Gasteiger partial charge >= 0.3 is 0 Å². The van der Waals surface area contributed by atoms with E-state index in [1.54, 1.807) is 19.1 Å². The monoisotopic (exact) mass is 410 g/mol. The molecule has 1 unspecified atom stereocenters. The van der Waals surface area contributed by atoms with Gasteiger partial charge in [-0.2, -0.15) is 9.82 Å². The van der Waals surface area contributed by atoms with Gasteiger partial charge in [0.05, 0.1) is 4.90 Å². The molecule has 0 bridgehead atoms. The molecule has 0 amide bonds. The van der Waals surface area contributed by atoms with Gasteiger partial charge in [0.25, 0.3) is 0 Å². The molecule has 0 saturated heterocycles. The van der Waals surface area contributed by atoms with Gasteiger partial charge in [0.1, 0.15) is 11.9 Å². The molecule has 0 spiro atoms. The van der Waals surface area contributed by atoms with Crippen LogP contribution >= 0.6 is 0 Å². The van der Waals surface area contributed by atoms with Crippen LogP contribution in [0.1, 0.15) is 66.8 Å². The second kappa shape index (κ2) is 8.47. The first-order chi connectivity index (χ1) is 14.0. The van der Waals surface area contributed by atoms with Crippen LogP contribution in [-0.2, 0) is 10.0 Å². The second-order valence-electron chi connectivity index (χ2n) is 7.65. The molecule has 0 aliphatic heterocycles. The average Bonchev–Trinajstić information content (AvgIpc) is 3.19. The largest absolute Gasteiger partial charge is 0.263 e. The van der Waals surface area contributed by atoms with E-state index in [0.29, 0.717) is 17.6 Å². The summed E-state index contributed by atoms with van der Waals surface area (Å²) < 4.78 is 29.0. The predicted molar refractivity (Wildman–Crippen MR) is 112 cm³/mol. The summed E-state index contributed by atoms with van der Waals surface area (Å²) >= 11 is 0. The molecule has 152 valence electrons. The molecule has 1 aromatic heterocycles. The quantitative estimate of drug-likeness (QED) is 0.637. The van der Waals surface area contributed by atoms with Crippen molar-refractivity contribution in [3.63, 3.8) is 0 Å². The molecule has 29 heavy (non-hydrogen) atoms. The Balaban J connectivity index is 1.59. The number of H-pyrrole nitrogens is 1. The van der Waals surface area contributed by atoms with E-state index in [-0.39, 0.29) is 4.90 Å². The molecule has 1 fully saturated rings. The van der Waals surface area contributed by atoms with Gasteiger partial charge in [0.15, 0.2) is 5.82 Å². The Bertz CT molecular complexity index is 1040. The number of aromatic amines is 1. The van der Waals surface area contributed by atoms with Crippen molar-refractivity contribution in [1.29, 1.82) is 0 Å². The standard InChI is InChI=1S/C22H26N4O2S/c1-16-23-22(25-24-16)21(19-10-6-3-7-11-19)26-29(27,28)20-14-12-18(13-15-20)17-8-4-2-5-9-17/h3,6-7,10-15,17,21,26H,2,4-5,8-9H2,1H3,(H,23,24,25). The number of benzene rings is 2. The summed E-state index contributed by atoms with van der Waals surface area (Å²) in [5.41, 5.74) is 2.02. The van der Waals surface area contributed by atoms with Gasteiger partial charge in [-0.05, 0) is 48.9 Å². The SMILES string of the molecule is Cc1nc(C(NS(=O)(=O)c2ccc(C3CCCCC3)cc2)c2ccccc2)n[nH]1. The molecule has 0 radical (unpaired) electrons. The third-order valence-electron chi connectivity index (χ3n) is 5.55. The Kier molecular flexibility index (Phi) is 5.78. The maximum atomic E-state index is 13.1. The summed E-state index contributed by atoms with van der Waals surface area (Å²) in [4.78, 5) is 4.60. The van der Waals surface area contributed by atoms with Crippen LogP contribution in [0.2, 0.25) is 0 Å². The lowest BCUT2D eigenvalue weighted by atomic mass is 9.84. The molecule has 4 rings (SSSR count). The van der Waals surface area contributed by atoms with Crippen LogP contribution in [0.25, 0.3) is 0 Å². The van der Waals surface area contributed by atoms with Gasteiger partial charge in [-0.1, -0.05) is 61.7 Å². The minimum absolute atomic E-state index is 0.255. The number of nitrogens with one attached hydrogen (secondary N) is 2. The first-order valence-electron chi connectivity index (χ1n) is 10.1. The zero-order valence-corrected chi connectivity index (χ0v) is 17.3. The fraction of sp³-hybridized carbons (Fsp3) is 0.364. The van der Waals surface area contributed by atoms with Crippen LogP contribution in [0.5, 0.6) is 0 Å². The van der Waals surface area contributed by atoms with Gasteiger partial charge in [-0.15, -0.1) is 0 Å². The van der Waals surface area contributed by atoms with E-state index in [1.807, 2.05) is 42.5 Å². The molecule has 2 aromatic carbocycles. The Morgan fingerprint density at radius 3 is 2.31 bits per heavy atom. The summed E-state index contributed by atoms with van der Waals surface area (Å²) in [5, 5.41) is 6.97. The van der Waals surface area contributed by atoms with Crippen molar-refractivity contribution in [1.82, 2.24) is 19.9 Å². The fourth-order valence-electron chi connectivity index (χ4n) is 3.98. The number of hydrogen-bond acceptors (Lipinski definition) is 4. The van der Waals surface area contributed by atoms with Crippen molar-refractivity contribution >= 4 is 10.0 Å². The molecule has 2 N–H and O–H groups in total. The lowest BCUT2D eigenvalue weighted by molar-refractivity contribution is 0.443. The lowest BCUT2D eigenvalue weighted by Gasteiger charge is -2.22. The van der Waals surface area contributed by atoms with E-state index in [0.717, 1.165) is 5.56 Å². The molecule has 1 aliphatic rings. The molecule has 1 aliphatic carbocycles. The van der Waals surface area contributed by atoms with E-state index in [1.165, 1.54) is 37.7 Å². The van der Waals surface area contributed by atoms with Crippen LogP contribution in [0.15, 0.2) is 59.5 Å². The van der Waals surface area contributed by atoms with Gasteiger partial charge < -0.3 is 0 Å². The lowest BCUT2D eigenvalue weighted by Crippen LogP contribution is -2.30. The van der Waals surface area contributed by atoms with Gasteiger partial charge in [0.2, 0.25) is 10.0 Å². The maximum Gasteiger partial charge on any atom is 0.241 e. The molecule has 1 heterocycles. The second-order valence-corrected chi connectivity index (χ2v) is 9.36. The van der Waals surface area contributed by atoms with Crippen molar-refractivity contribution < 1.29 is 8.42 Å². The minimum Gasteiger partial charge on any atom is -0.263 e. The molecule has 7 heteroatoms. The number of nitrogens with zero attached hydrogens (tertiary/aromatic N) is 2. The summed E-state index contributed by atoms with van der Waals surface area (Å²) in [6.07, 6.45) is 6.17. The van der Waals surface area contributed by atoms with Crippen molar-refractivity contribution in [3.05, 3.63) is 77.4 Å². The number of aromatic nitrogens is 3. The Hall–Kier alpha value is -2.51. The Morgan fingerprint density at radius 2 is 1.69 bits per heavy atom. The smallest absolute Gasteiger partial charge is 0.241 e. The third kappa shape index (κ3) is 4.57. The van der Waals surface area contributed by atoms with Crippen molar-refractivity contribution in [3.8, 4) is 0 Å². The van der Waals surface area contributed by atoms with E-state index in [9.17, 15) is 8.42 Å². The molecule has 3 aromatic rings. The predicted octanol–water partition coefficient (Wildman–Crippen LogP) is 4.23. The Morgan fingerprint density at radius 1 is 1.00 bits per heavy atom. The van der Waals surface area contributed by atoms with E-state index in [2.05, 4.69) is 19.9 Å². The van der Waals surface area contributed by atoms with Gasteiger partial charge in [-0.25, -0.2) is 13.4 Å². The van der Waals surface area contributed by atoms with Crippen LogP contribution in [-0.4, -0.2) is 23.6 Å². The normalized spacial score (nSPS) is 16.6. The average molecular weight is 411 g/mol. The zero-order chi connectivity index (χ0) is 20.3. The van der Waals surface area contributed by atoms with Crippen molar-refractivity contribution in [2.75, 3.05) is 0 Å². The molecule has 6 nitrogen and oxygen atoms in total. The molecular weight excluding hydrogens is 384 g/mol. The third-order valence-corrected chi connectivity index (χ3v) is 6.98. The Labute approximate surface area is 171 Å². The molecule has 1 saturated carbocycles. The highest BCUT2D eigenvalue weighted by molar-refractivity contribution is 7.89.